The van der Waals surface area contributed by atoms with E-state index in [4.69, 9.17) is 4.74 Å². The van der Waals surface area contributed by atoms with E-state index in [1.165, 1.54) is 12.8 Å². The van der Waals surface area contributed by atoms with E-state index in [1.54, 1.807) is 6.26 Å². The van der Waals surface area contributed by atoms with E-state index in [1.807, 2.05) is 0 Å². The Hall–Kier alpha value is -0.830. The van der Waals surface area contributed by atoms with E-state index in [-0.39, 0.29) is 18.1 Å². The highest BCUT2D eigenvalue weighted by Crippen LogP contribution is 2.39. The normalized spacial score (nSPS) is 38.5. The molecule has 0 amide bonds. The third-order valence-electron chi connectivity index (χ3n) is 4.55. The zero-order valence-electron chi connectivity index (χ0n) is 10.1. The molecule has 1 heterocycles. The molecule has 0 saturated heterocycles. The molecule has 3 atom stereocenters. The molecule has 3 nitrogen and oxygen atoms in total. The predicted molar refractivity (Wildman–Crippen MR) is 63.3 cm³/mol. The summed E-state index contributed by atoms with van der Waals surface area (Å²) in [6.07, 6.45) is 8.25. The summed E-state index contributed by atoms with van der Waals surface area (Å²) in [5.74, 6) is 0.759. The van der Waals surface area contributed by atoms with Gasteiger partial charge in [-0.25, -0.2) is 0 Å². The van der Waals surface area contributed by atoms with Crippen LogP contribution in [0.1, 0.15) is 44.9 Å². The molecule has 3 rings (SSSR count). The van der Waals surface area contributed by atoms with Gasteiger partial charge in [-0.2, -0.15) is 0 Å². The highest BCUT2D eigenvalue weighted by Gasteiger charge is 2.41. The van der Waals surface area contributed by atoms with Crippen molar-refractivity contribution in [3.05, 3.63) is 11.8 Å². The van der Waals surface area contributed by atoms with Crippen LogP contribution in [0.25, 0.3) is 0 Å². The molecular formula is C14H20O3. The monoisotopic (exact) mass is 236 g/mol. The van der Waals surface area contributed by atoms with E-state index in [9.17, 15) is 9.90 Å². The number of Topliss-reactive ketones (excluding diaryl/α,β-unsaturated/α-hetero) is 1. The zero-order chi connectivity index (χ0) is 11.8. The smallest absolute Gasteiger partial charge is 0.168 e. The maximum absolute atomic E-state index is 12.4. The zero-order valence-corrected chi connectivity index (χ0v) is 10.1. The van der Waals surface area contributed by atoms with Crippen molar-refractivity contribution in [3.8, 4) is 0 Å². The number of aliphatic hydroxyl groups is 1. The summed E-state index contributed by atoms with van der Waals surface area (Å²) in [5.41, 5.74) is 0.931. The van der Waals surface area contributed by atoms with Gasteiger partial charge < -0.3 is 9.84 Å². The van der Waals surface area contributed by atoms with Crippen molar-refractivity contribution < 1.29 is 14.6 Å². The van der Waals surface area contributed by atoms with Gasteiger partial charge in [0.05, 0.1) is 18.3 Å². The summed E-state index contributed by atoms with van der Waals surface area (Å²) >= 11 is 0. The van der Waals surface area contributed by atoms with E-state index in [0.29, 0.717) is 18.1 Å². The minimum absolute atomic E-state index is 0.0130. The molecule has 3 unspecified atom stereocenters. The summed E-state index contributed by atoms with van der Waals surface area (Å²) in [6, 6.07) is 0. The Bertz CT molecular complexity index is 341. The highest BCUT2D eigenvalue weighted by molar-refractivity contribution is 5.98. The van der Waals surface area contributed by atoms with Gasteiger partial charge in [-0.05, 0) is 31.6 Å². The summed E-state index contributed by atoms with van der Waals surface area (Å²) in [6.45, 7) is 0. The molecule has 1 N–H and O–H groups in total. The van der Waals surface area contributed by atoms with Crippen LogP contribution in [0.3, 0.4) is 0 Å². The molecule has 3 heteroatoms. The number of hydrogen-bond acceptors (Lipinski definition) is 3. The topological polar surface area (TPSA) is 46.5 Å². The van der Waals surface area contributed by atoms with E-state index >= 15 is 0 Å². The molecule has 17 heavy (non-hydrogen) atoms. The Morgan fingerprint density at radius 2 is 1.94 bits per heavy atom. The summed E-state index contributed by atoms with van der Waals surface area (Å²) < 4.78 is 5.70. The van der Waals surface area contributed by atoms with Gasteiger partial charge in [0, 0.05) is 12.0 Å². The average molecular weight is 236 g/mol. The van der Waals surface area contributed by atoms with Crippen LogP contribution < -0.4 is 0 Å². The minimum atomic E-state index is -0.287. The van der Waals surface area contributed by atoms with Crippen LogP contribution in [0.2, 0.25) is 0 Å². The van der Waals surface area contributed by atoms with Crippen LogP contribution in [-0.4, -0.2) is 23.1 Å². The van der Waals surface area contributed by atoms with Crippen LogP contribution in [0.5, 0.6) is 0 Å². The first-order valence-electron chi connectivity index (χ1n) is 6.83. The predicted octanol–water partition coefficient (Wildman–Crippen LogP) is 2.19. The molecule has 0 radical (unpaired) electrons. The number of aliphatic hydroxyl groups excluding tert-OH is 1. The lowest BCUT2D eigenvalue weighted by molar-refractivity contribution is -0.130. The maximum atomic E-state index is 12.4. The van der Waals surface area contributed by atoms with E-state index in [2.05, 4.69) is 0 Å². The maximum Gasteiger partial charge on any atom is 0.168 e. The van der Waals surface area contributed by atoms with Crippen molar-refractivity contribution in [2.75, 3.05) is 0 Å². The van der Waals surface area contributed by atoms with E-state index < -0.39 is 0 Å². The molecule has 2 fully saturated rings. The highest BCUT2D eigenvalue weighted by atomic mass is 16.5. The Labute approximate surface area is 102 Å². The molecule has 0 aromatic heterocycles. The number of carbonyl (C=O) groups excluding carboxylic acids is 1. The standard InChI is InChI=1S/C14H20O3/c15-10-5-6-11-13(7-10)17-8-12(14(11)16)9-3-1-2-4-9/h8-11,13,15H,1-7H2. The van der Waals surface area contributed by atoms with Gasteiger partial charge in [0.15, 0.2) is 5.78 Å². The van der Waals surface area contributed by atoms with Gasteiger partial charge in [0.1, 0.15) is 6.10 Å². The number of ether oxygens (including phenoxy) is 1. The fourth-order valence-electron chi connectivity index (χ4n) is 3.53. The van der Waals surface area contributed by atoms with Crippen molar-refractivity contribution in [3.63, 3.8) is 0 Å². The van der Waals surface area contributed by atoms with Gasteiger partial charge in [0.2, 0.25) is 0 Å². The number of hydrogen-bond donors (Lipinski definition) is 1. The van der Waals surface area contributed by atoms with E-state index in [0.717, 1.165) is 31.3 Å². The molecular weight excluding hydrogens is 216 g/mol. The van der Waals surface area contributed by atoms with Crippen molar-refractivity contribution in [2.24, 2.45) is 11.8 Å². The Kier molecular flexibility index (Phi) is 2.95. The van der Waals surface area contributed by atoms with Gasteiger partial charge in [-0.1, -0.05) is 12.8 Å². The molecule has 0 spiro atoms. The first kappa shape index (κ1) is 11.3. The lowest BCUT2D eigenvalue weighted by atomic mass is 9.76. The third kappa shape index (κ3) is 2.01. The number of allylic oxidation sites excluding steroid dienone is 1. The van der Waals surface area contributed by atoms with Crippen molar-refractivity contribution in [1.29, 1.82) is 0 Å². The molecule has 2 aliphatic carbocycles. The molecule has 1 aliphatic heterocycles. The number of ketones is 1. The molecule has 2 saturated carbocycles. The first-order chi connectivity index (χ1) is 8.25. The second-order valence-corrected chi connectivity index (χ2v) is 5.67. The summed E-state index contributed by atoms with van der Waals surface area (Å²) in [4.78, 5) is 12.4. The van der Waals surface area contributed by atoms with Crippen LogP contribution in [0, 0.1) is 11.8 Å². The SMILES string of the molecule is O=C1C(C2CCCC2)=COC2CC(O)CCC12. The molecule has 3 aliphatic rings. The fraction of sp³-hybridized carbons (Fsp3) is 0.786. The molecule has 94 valence electrons. The Morgan fingerprint density at radius 3 is 2.71 bits per heavy atom. The molecule has 0 aromatic carbocycles. The van der Waals surface area contributed by atoms with Crippen LogP contribution >= 0.6 is 0 Å². The van der Waals surface area contributed by atoms with Gasteiger partial charge in [0.25, 0.3) is 0 Å². The minimum Gasteiger partial charge on any atom is -0.497 e. The lowest BCUT2D eigenvalue weighted by Gasteiger charge is -2.37. The number of rotatable bonds is 1. The van der Waals surface area contributed by atoms with Crippen molar-refractivity contribution in [1.82, 2.24) is 0 Å². The van der Waals surface area contributed by atoms with Crippen LogP contribution in [0.4, 0.5) is 0 Å². The van der Waals surface area contributed by atoms with Gasteiger partial charge in [-0.3, -0.25) is 4.79 Å². The number of carbonyl (C=O) groups is 1. The first-order valence-corrected chi connectivity index (χ1v) is 6.83. The Balaban J connectivity index is 1.77. The fourth-order valence-corrected chi connectivity index (χ4v) is 3.53. The van der Waals surface area contributed by atoms with Crippen molar-refractivity contribution >= 4 is 5.78 Å². The quantitative estimate of drug-likeness (QED) is 0.759. The second-order valence-electron chi connectivity index (χ2n) is 5.67. The molecule has 0 bridgehead atoms. The van der Waals surface area contributed by atoms with Gasteiger partial charge in [-0.15, -0.1) is 0 Å². The van der Waals surface area contributed by atoms with Crippen molar-refractivity contribution in [2.45, 2.75) is 57.2 Å². The molecule has 0 aromatic rings. The number of fused-ring (bicyclic) bond motifs is 1. The summed E-state index contributed by atoms with van der Waals surface area (Å²) in [7, 11) is 0. The Morgan fingerprint density at radius 1 is 1.18 bits per heavy atom. The second kappa shape index (κ2) is 4.45. The average Bonchev–Trinajstić information content (AvgIpc) is 2.82. The van der Waals surface area contributed by atoms with Crippen LogP contribution in [-0.2, 0) is 9.53 Å². The lowest BCUT2D eigenvalue weighted by Crippen LogP contribution is -2.41. The summed E-state index contributed by atoms with van der Waals surface area (Å²) in [5, 5.41) is 9.60. The van der Waals surface area contributed by atoms with Crippen LogP contribution in [0.15, 0.2) is 11.8 Å². The third-order valence-corrected chi connectivity index (χ3v) is 4.55. The largest absolute Gasteiger partial charge is 0.497 e. The van der Waals surface area contributed by atoms with Gasteiger partial charge >= 0.3 is 0 Å².